The summed E-state index contributed by atoms with van der Waals surface area (Å²) in [6.07, 6.45) is -4.48. The molecule has 3 atom stereocenters. The van der Waals surface area contributed by atoms with E-state index in [0.29, 0.717) is 0 Å². The van der Waals surface area contributed by atoms with Crippen molar-refractivity contribution in [1.82, 2.24) is 10.3 Å². The van der Waals surface area contributed by atoms with Gasteiger partial charge in [0.2, 0.25) is 5.52 Å². The molecule has 2 aromatic rings. The minimum Gasteiger partial charge on any atom is -0.485 e. The molecular weight excluding hydrogens is 343 g/mol. The van der Waals surface area contributed by atoms with Gasteiger partial charge in [0.1, 0.15) is 31.2 Å². The molecule has 1 aromatic heterocycles. The molecule has 3 rings (SSSR count). The smallest absolute Gasteiger partial charge is 0.300 e. The van der Waals surface area contributed by atoms with Crippen LogP contribution in [0.2, 0.25) is 0 Å². The van der Waals surface area contributed by atoms with Gasteiger partial charge in [-0.05, 0) is 16.4 Å². The van der Waals surface area contributed by atoms with Crippen LogP contribution in [0.15, 0.2) is 28.2 Å². The molecule has 25 heavy (non-hydrogen) atoms. The molecule has 0 fully saturated rings. The van der Waals surface area contributed by atoms with Gasteiger partial charge >= 0.3 is 5.69 Å². The summed E-state index contributed by atoms with van der Waals surface area (Å²) < 4.78 is 22.5. The van der Waals surface area contributed by atoms with Crippen molar-refractivity contribution in [1.29, 1.82) is 0 Å². The Bertz CT molecular complexity index is 839. The topological polar surface area (TPSA) is 164 Å². The van der Waals surface area contributed by atoms with Gasteiger partial charge in [0.25, 0.3) is 0 Å². The van der Waals surface area contributed by atoms with E-state index < -0.39 is 36.5 Å². The molecule has 2 heterocycles. The van der Waals surface area contributed by atoms with Crippen LogP contribution in [0.3, 0.4) is 0 Å². The summed E-state index contributed by atoms with van der Waals surface area (Å²) in [6, 6.07) is 2.43. The number of nitro benzene ring substituents is 1. The maximum atomic E-state index is 12.8. The third-order valence-corrected chi connectivity index (χ3v) is 3.75. The molecule has 0 amide bonds. The third kappa shape index (κ3) is 2.86. The summed E-state index contributed by atoms with van der Waals surface area (Å²) in [4.78, 5) is 10.3. The number of halogens is 1. The summed E-state index contributed by atoms with van der Waals surface area (Å²) in [5.74, 6) is -0.177. The SMILES string of the molecule is O=[N+]([O-])c1ccc(NC2=C(CO)OC(CF)[C@H](O)C2O)c2nonc12. The number of nitrogens with one attached hydrogen (secondary N) is 1. The Labute approximate surface area is 138 Å². The highest BCUT2D eigenvalue weighted by Gasteiger charge is 2.38. The molecular formula is C13H13FN4O7. The summed E-state index contributed by atoms with van der Waals surface area (Å²) in [5, 5.41) is 50.1. The van der Waals surface area contributed by atoms with E-state index in [1.807, 2.05) is 0 Å². The van der Waals surface area contributed by atoms with Crippen LogP contribution in [0.5, 0.6) is 0 Å². The fourth-order valence-electron chi connectivity index (χ4n) is 2.49. The van der Waals surface area contributed by atoms with E-state index >= 15 is 0 Å². The number of fused-ring (bicyclic) bond motifs is 1. The van der Waals surface area contributed by atoms with Gasteiger partial charge in [-0.1, -0.05) is 0 Å². The van der Waals surface area contributed by atoms with Gasteiger partial charge < -0.3 is 25.4 Å². The predicted octanol–water partition coefficient (Wildman–Crippen LogP) is -0.163. The zero-order valence-electron chi connectivity index (χ0n) is 12.5. The number of benzene rings is 1. The van der Waals surface area contributed by atoms with Crippen LogP contribution in [0.1, 0.15) is 0 Å². The van der Waals surface area contributed by atoms with E-state index in [9.17, 15) is 29.8 Å². The summed E-state index contributed by atoms with van der Waals surface area (Å²) in [6.45, 7) is -1.74. The molecule has 0 bridgehead atoms. The lowest BCUT2D eigenvalue weighted by Gasteiger charge is -2.34. The minimum absolute atomic E-state index is 0.00621. The van der Waals surface area contributed by atoms with Crippen LogP contribution >= 0.6 is 0 Å². The summed E-state index contributed by atoms with van der Waals surface area (Å²) in [7, 11) is 0. The van der Waals surface area contributed by atoms with Gasteiger partial charge in [0, 0.05) is 6.07 Å². The van der Waals surface area contributed by atoms with Crippen molar-refractivity contribution in [3.63, 3.8) is 0 Å². The average Bonchev–Trinajstić information content (AvgIpc) is 3.09. The number of aliphatic hydroxyl groups excluding tert-OH is 3. The molecule has 0 aliphatic carbocycles. The largest absolute Gasteiger partial charge is 0.485 e. The van der Waals surface area contributed by atoms with Crippen LogP contribution in [0.25, 0.3) is 11.0 Å². The second-order valence-corrected chi connectivity index (χ2v) is 5.22. The summed E-state index contributed by atoms with van der Waals surface area (Å²) >= 11 is 0. The Morgan fingerprint density at radius 1 is 1.32 bits per heavy atom. The second kappa shape index (κ2) is 6.58. The van der Waals surface area contributed by atoms with Gasteiger partial charge in [-0.3, -0.25) is 10.1 Å². The van der Waals surface area contributed by atoms with E-state index in [0.717, 1.165) is 6.07 Å². The van der Waals surface area contributed by atoms with Gasteiger partial charge in [0.05, 0.1) is 16.3 Å². The van der Waals surface area contributed by atoms with Gasteiger partial charge in [0.15, 0.2) is 11.6 Å². The quantitative estimate of drug-likeness (QED) is 0.418. The number of alkyl halides is 1. The molecule has 0 saturated heterocycles. The standard InChI is InChI=1S/C13H13FN4O7/c14-3-7-12(20)13(21)11(8(4-19)24-7)15-5-1-2-6(18(22)23)10-9(5)16-25-17-10/h1-2,7,12-13,15,19-21H,3-4H2/t7?,12-,13?/m0/s1. The minimum atomic E-state index is -1.58. The molecule has 4 N–H and O–H groups in total. The Balaban J connectivity index is 2.03. The molecule has 0 saturated carbocycles. The molecule has 2 unspecified atom stereocenters. The van der Waals surface area contributed by atoms with Crippen LogP contribution in [-0.4, -0.2) is 62.1 Å². The predicted molar refractivity (Wildman–Crippen MR) is 79.1 cm³/mol. The van der Waals surface area contributed by atoms with Crippen LogP contribution < -0.4 is 5.32 Å². The van der Waals surface area contributed by atoms with Crippen molar-refractivity contribution in [3.8, 4) is 0 Å². The zero-order valence-corrected chi connectivity index (χ0v) is 12.5. The van der Waals surface area contributed by atoms with E-state index in [1.165, 1.54) is 6.07 Å². The first-order valence-corrected chi connectivity index (χ1v) is 7.07. The molecule has 1 aliphatic heterocycles. The van der Waals surface area contributed by atoms with Gasteiger partial charge in [-0.15, -0.1) is 0 Å². The number of hydrogen-bond donors (Lipinski definition) is 4. The lowest BCUT2D eigenvalue weighted by atomic mass is 10.0. The number of rotatable bonds is 5. The maximum absolute atomic E-state index is 12.8. The lowest BCUT2D eigenvalue weighted by Crippen LogP contribution is -2.47. The van der Waals surface area contributed by atoms with Crippen molar-refractivity contribution in [2.75, 3.05) is 18.6 Å². The fourth-order valence-corrected chi connectivity index (χ4v) is 2.49. The van der Waals surface area contributed by atoms with Crippen molar-refractivity contribution in [2.45, 2.75) is 18.3 Å². The van der Waals surface area contributed by atoms with E-state index in [4.69, 9.17) is 4.74 Å². The number of ether oxygens (including phenoxy) is 1. The van der Waals surface area contributed by atoms with Gasteiger partial charge in [-0.2, -0.15) is 0 Å². The van der Waals surface area contributed by atoms with E-state index in [1.54, 1.807) is 0 Å². The first-order chi connectivity index (χ1) is 12.0. The number of non-ortho nitro benzene ring substituents is 1. The van der Waals surface area contributed by atoms with Crippen LogP contribution in [0, 0.1) is 10.1 Å². The Morgan fingerprint density at radius 2 is 2.04 bits per heavy atom. The van der Waals surface area contributed by atoms with E-state index in [-0.39, 0.29) is 33.9 Å². The maximum Gasteiger partial charge on any atom is 0.300 e. The molecule has 1 aliphatic rings. The molecule has 0 spiro atoms. The normalized spacial score (nSPS) is 23.6. The monoisotopic (exact) mass is 356 g/mol. The highest BCUT2D eigenvalue weighted by molar-refractivity contribution is 5.94. The van der Waals surface area contributed by atoms with Gasteiger partial charge in [-0.25, -0.2) is 9.02 Å². The second-order valence-electron chi connectivity index (χ2n) is 5.22. The fraction of sp³-hybridized carbons (Fsp3) is 0.385. The summed E-state index contributed by atoms with van der Waals surface area (Å²) in [5.41, 5.74) is -0.451. The average molecular weight is 356 g/mol. The Hall–Kier alpha value is -2.83. The number of nitro groups is 1. The third-order valence-electron chi connectivity index (χ3n) is 3.75. The van der Waals surface area contributed by atoms with E-state index in [2.05, 4.69) is 20.3 Å². The zero-order chi connectivity index (χ0) is 18.1. The highest BCUT2D eigenvalue weighted by atomic mass is 19.1. The van der Waals surface area contributed by atoms with Crippen molar-refractivity contribution in [2.24, 2.45) is 0 Å². The first kappa shape index (κ1) is 17.0. The first-order valence-electron chi connectivity index (χ1n) is 7.07. The molecule has 11 nitrogen and oxygen atoms in total. The van der Waals surface area contributed by atoms with Crippen molar-refractivity contribution < 1.29 is 34.0 Å². The van der Waals surface area contributed by atoms with Crippen LogP contribution in [0.4, 0.5) is 15.8 Å². The Kier molecular flexibility index (Phi) is 4.48. The number of nitrogens with zero attached hydrogens (tertiary/aromatic N) is 3. The molecule has 0 radical (unpaired) electrons. The van der Waals surface area contributed by atoms with Crippen molar-refractivity contribution in [3.05, 3.63) is 33.7 Å². The number of hydrogen-bond acceptors (Lipinski definition) is 10. The molecule has 12 heteroatoms. The van der Waals surface area contributed by atoms with Crippen LogP contribution in [-0.2, 0) is 4.74 Å². The molecule has 134 valence electrons. The lowest BCUT2D eigenvalue weighted by molar-refractivity contribution is -0.383. The Morgan fingerprint density at radius 3 is 2.68 bits per heavy atom. The number of aliphatic hydroxyl groups is 3. The molecule has 1 aromatic carbocycles. The number of anilines is 1. The highest BCUT2D eigenvalue weighted by Crippen LogP contribution is 2.32. The number of aromatic nitrogens is 2. The van der Waals surface area contributed by atoms with Crippen molar-refractivity contribution >= 4 is 22.4 Å².